The van der Waals surface area contributed by atoms with Crippen molar-refractivity contribution >= 4 is 18.3 Å². The van der Waals surface area contributed by atoms with Crippen molar-refractivity contribution in [3.63, 3.8) is 0 Å². The maximum absolute atomic E-state index is 12.1. The lowest BCUT2D eigenvalue weighted by molar-refractivity contribution is -0.123. The lowest BCUT2D eigenvalue weighted by Crippen LogP contribution is -2.45. The molecule has 1 aromatic rings. The molecule has 0 saturated carbocycles. The number of carbonyl (C=O) groups is 1. The van der Waals surface area contributed by atoms with Crippen LogP contribution in [-0.4, -0.2) is 50.1 Å². The Hall–Kier alpha value is -1.57. The first-order chi connectivity index (χ1) is 12.2. The molecule has 146 valence electrons. The van der Waals surface area contributed by atoms with Gasteiger partial charge in [0.05, 0.1) is 19.7 Å². The van der Waals surface area contributed by atoms with Crippen LogP contribution in [0.1, 0.15) is 31.4 Å². The van der Waals surface area contributed by atoms with Crippen LogP contribution in [0.3, 0.4) is 0 Å². The number of methoxy groups -OCH3 is 1. The first-order valence-corrected chi connectivity index (χ1v) is 9.05. The molecule has 0 aliphatic carbocycles. The van der Waals surface area contributed by atoms with Gasteiger partial charge in [0.15, 0.2) is 0 Å². The Morgan fingerprint density at radius 3 is 2.96 bits per heavy atom. The number of piperidine rings is 1. The molecule has 2 atom stereocenters. The van der Waals surface area contributed by atoms with Crippen LogP contribution in [0.4, 0.5) is 0 Å². The third-order valence-electron chi connectivity index (χ3n) is 5.00. The predicted molar refractivity (Wildman–Crippen MR) is 101 cm³/mol. The van der Waals surface area contributed by atoms with Crippen LogP contribution in [-0.2, 0) is 11.3 Å². The molecule has 0 bridgehead atoms. The van der Waals surface area contributed by atoms with Gasteiger partial charge >= 0.3 is 0 Å². The molecule has 0 spiro atoms. The van der Waals surface area contributed by atoms with E-state index in [-0.39, 0.29) is 35.5 Å². The number of nitrogens with one attached hydrogen (secondary N) is 2. The van der Waals surface area contributed by atoms with E-state index in [0.29, 0.717) is 24.8 Å². The van der Waals surface area contributed by atoms with Gasteiger partial charge < -0.3 is 19.8 Å². The number of likely N-dealkylation sites (tertiary alicyclic amines) is 1. The number of nitrogens with zero attached hydrogens (tertiary/aromatic N) is 1. The smallest absolute Gasteiger partial charge is 0.237 e. The molecule has 2 N–H and O–H groups in total. The van der Waals surface area contributed by atoms with E-state index in [1.165, 1.54) is 19.4 Å². The average molecular weight is 386 g/mol. The van der Waals surface area contributed by atoms with E-state index in [4.69, 9.17) is 9.15 Å². The normalized spacial score (nSPS) is 23.3. The van der Waals surface area contributed by atoms with Crippen molar-refractivity contribution < 1.29 is 13.9 Å². The SMILES string of the molecule is COc1coc(CN2CCCC(CNC(=O)C3CCCN3)C2)cc1=O.Cl. The number of ether oxygens (including phenoxy) is 1. The Morgan fingerprint density at radius 1 is 1.42 bits per heavy atom. The van der Waals surface area contributed by atoms with Crippen molar-refractivity contribution in [3.8, 4) is 5.75 Å². The van der Waals surface area contributed by atoms with Gasteiger partial charge in [0.1, 0.15) is 12.0 Å². The topological polar surface area (TPSA) is 83.8 Å². The Kier molecular flexibility index (Phi) is 7.93. The molecule has 1 aromatic heterocycles. The zero-order chi connectivity index (χ0) is 17.6. The van der Waals surface area contributed by atoms with Crippen molar-refractivity contribution in [2.75, 3.05) is 33.3 Å². The summed E-state index contributed by atoms with van der Waals surface area (Å²) in [4.78, 5) is 26.2. The Labute approximate surface area is 159 Å². The summed E-state index contributed by atoms with van der Waals surface area (Å²) in [6.07, 6.45) is 5.57. The minimum Gasteiger partial charge on any atom is -0.490 e. The number of halogens is 1. The molecule has 1 amide bonds. The van der Waals surface area contributed by atoms with Crippen LogP contribution in [0.2, 0.25) is 0 Å². The highest BCUT2D eigenvalue weighted by Crippen LogP contribution is 2.18. The van der Waals surface area contributed by atoms with E-state index in [0.717, 1.165) is 45.3 Å². The van der Waals surface area contributed by atoms with E-state index < -0.39 is 0 Å². The third kappa shape index (κ3) is 5.46. The molecular weight excluding hydrogens is 358 g/mol. The third-order valence-corrected chi connectivity index (χ3v) is 5.00. The van der Waals surface area contributed by atoms with Crippen LogP contribution in [0.15, 0.2) is 21.5 Å². The van der Waals surface area contributed by atoms with Crippen LogP contribution in [0.25, 0.3) is 0 Å². The molecule has 2 saturated heterocycles. The summed E-state index contributed by atoms with van der Waals surface area (Å²) in [5.41, 5.74) is -0.159. The molecule has 3 rings (SSSR count). The Bertz CT molecular complexity index is 646. The molecular formula is C18H28ClN3O4. The molecule has 3 heterocycles. The zero-order valence-corrected chi connectivity index (χ0v) is 16.0. The number of carbonyl (C=O) groups excluding carboxylic acids is 1. The van der Waals surface area contributed by atoms with Gasteiger partial charge in [-0.3, -0.25) is 14.5 Å². The summed E-state index contributed by atoms with van der Waals surface area (Å²) in [6.45, 7) is 4.12. The first kappa shape index (κ1) is 20.7. The minimum atomic E-state index is -0.159. The fraction of sp³-hybridized carbons (Fsp3) is 0.667. The largest absolute Gasteiger partial charge is 0.490 e. The average Bonchev–Trinajstić information content (AvgIpc) is 3.15. The standard InChI is InChI=1S/C18H27N3O4.ClH/c1-24-17-12-25-14(8-16(17)22)11-21-7-3-4-13(10-21)9-20-18(23)15-5-2-6-19-15;/h8,12-13,15,19H,2-7,9-11H2,1H3,(H,20,23);1H. The quantitative estimate of drug-likeness (QED) is 0.764. The summed E-state index contributed by atoms with van der Waals surface area (Å²) in [5, 5.41) is 6.31. The second kappa shape index (κ2) is 9.94. The van der Waals surface area contributed by atoms with E-state index in [2.05, 4.69) is 15.5 Å². The number of amides is 1. The molecule has 26 heavy (non-hydrogen) atoms. The van der Waals surface area contributed by atoms with Gasteiger partial charge in [0.2, 0.25) is 17.1 Å². The lowest BCUT2D eigenvalue weighted by atomic mass is 9.97. The van der Waals surface area contributed by atoms with Gasteiger partial charge in [0, 0.05) is 19.2 Å². The van der Waals surface area contributed by atoms with Crippen LogP contribution < -0.4 is 20.8 Å². The number of hydrogen-bond donors (Lipinski definition) is 2. The van der Waals surface area contributed by atoms with E-state index in [1.807, 2.05) is 0 Å². The van der Waals surface area contributed by atoms with Crippen molar-refractivity contribution in [2.24, 2.45) is 5.92 Å². The zero-order valence-electron chi connectivity index (χ0n) is 15.2. The molecule has 2 aliphatic rings. The van der Waals surface area contributed by atoms with Gasteiger partial charge in [-0.15, -0.1) is 12.4 Å². The first-order valence-electron chi connectivity index (χ1n) is 9.05. The highest BCUT2D eigenvalue weighted by atomic mass is 35.5. The van der Waals surface area contributed by atoms with E-state index in [9.17, 15) is 9.59 Å². The Morgan fingerprint density at radius 2 is 2.27 bits per heavy atom. The van der Waals surface area contributed by atoms with Crippen LogP contribution in [0, 0.1) is 5.92 Å². The molecule has 2 aliphatic heterocycles. The maximum Gasteiger partial charge on any atom is 0.237 e. The van der Waals surface area contributed by atoms with E-state index in [1.54, 1.807) is 0 Å². The second-order valence-electron chi connectivity index (χ2n) is 6.92. The summed E-state index contributed by atoms with van der Waals surface area (Å²) in [7, 11) is 1.45. The molecule has 8 heteroatoms. The minimum absolute atomic E-state index is 0. The van der Waals surface area contributed by atoms with Crippen molar-refractivity contribution in [1.29, 1.82) is 0 Å². The van der Waals surface area contributed by atoms with Gasteiger partial charge in [-0.05, 0) is 44.7 Å². The van der Waals surface area contributed by atoms with Crippen LogP contribution in [0.5, 0.6) is 5.75 Å². The van der Waals surface area contributed by atoms with Gasteiger partial charge in [-0.25, -0.2) is 0 Å². The van der Waals surface area contributed by atoms with Gasteiger partial charge in [-0.1, -0.05) is 0 Å². The van der Waals surface area contributed by atoms with Gasteiger partial charge in [0.25, 0.3) is 0 Å². The molecule has 2 unspecified atom stereocenters. The van der Waals surface area contributed by atoms with Crippen molar-refractivity contribution in [2.45, 2.75) is 38.3 Å². The summed E-state index contributed by atoms with van der Waals surface area (Å²) in [5.74, 6) is 1.42. The van der Waals surface area contributed by atoms with Crippen molar-refractivity contribution in [3.05, 3.63) is 28.3 Å². The highest BCUT2D eigenvalue weighted by molar-refractivity contribution is 5.85. The monoisotopic (exact) mass is 385 g/mol. The summed E-state index contributed by atoms with van der Waals surface area (Å²) >= 11 is 0. The summed E-state index contributed by atoms with van der Waals surface area (Å²) in [6, 6.07) is 1.48. The molecule has 0 aromatic carbocycles. The van der Waals surface area contributed by atoms with Crippen molar-refractivity contribution in [1.82, 2.24) is 15.5 Å². The Balaban J connectivity index is 0.00000243. The lowest BCUT2D eigenvalue weighted by Gasteiger charge is -2.32. The fourth-order valence-electron chi connectivity index (χ4n) is 3.63. The molecule has 0 radical (unpaired) electrons. The summed E-state index contributed by atoms with van der Waals surface area (Å²) < 4.78 is 10.4. The van der Waals surface area contributed by atoms with E-state index >= 15 is 0 Å². The fourth-order valence-corrected chi connectivity index (χ4v) is 3.63. The van der Waals surface area contributed by atoms with Crippen LogP contribution >= 0.6 is 12.4 Å². The van der Waals surface area contributed by atoms with Gasteiger partial charge in [-0.2, -0.15) is 0 Å². The predicted octanol–water partition coefficient (Wildman–Crippen LogP) is 1.15. The molecule has 2 fully saturated rings. The number of hydrogen-bond acceptors (Lipinski definition) is 6. The second-order valence-corrected chi connectivity index (χ2v) is 6.92. The molecule has 7 nitrogen and oxygen atoms in total. The highest BCUT2D eigenvalue weighted by Gasteiger charge is 2.25. The number of rotatable bonds is 6. The maximum atomic E-state index is 12.1.